The van der Waals surface area contributed by atoms with Gasteiger partial charge in [0.25, 0.3) is 5.91 Å². The fourth-order valence-electron chi connectivity index (χ4n) is 3.35. The SMILES string of the molecule is CN(c1ccccc1)c1ccc(C(=O)NCc2ccc(CN3C(=O)CNC3=O)cc2)cn1. The number of para-hydroxylation sites is 1. The van der Waals surface area contributed by atoms with Gasteiger partial charge in [0.1, 0.15) is 5.82 Å². The summed E-state index contributed by atoms with van der Waals surface area (Å²) in [6.07, 6.45) is 1.56. The van der Waals surface area contributed by atoms with Crippen molar-refractivity contribution in [1.82, 2.24) is 20.5 Å². The molecule has 2 heterocycles. The van der Waals surface area contributed by atoms with Crippen LogP contribution < -0.4 is 15.5 Å². The number of carbonyl (C=O) groups is 3. The van der Waals surface area contributed by atoms with Gasteiger partial charge < -0.3 is 15.5 Å². The minimum atomic E-state index is -0.374. The predicted molar refractivity (Wildman–Crippen MR) is 120 cm³/mol. The lowest BCUT2D eigenvalue weighted by Gasteiger charge is -2.18. The summed E-state index contributed by atoms with van der Waals surface area (Å²) in [6, 6.07) is 20.5. The highest BCUT2D eigenvalue weighted by molar-refractivity contribution is 6.01. The van der Waals surface area contributed by atoms with E-state index in [1.807, 2.05) is 72.6 Å². The average Bonchev–Trinajstić information content (AvgIpc) is 3.15. The number of pyridine rings is 1. The molecular formula is C24H23N5O3. The van der Waals surface area contributed by atoms with Gasteiger partial charge in [0.2, 0.25) is 5.91 Å². The molecule has 162 valence electrons. The molecular weight excluding hydrogens is 406 g/mol. The Kier molecular flexibility index (Phi) is 6.12. The van der Waals surface area contributed by atoms with E-state index in [1.165, 1.54) is 4.90 Å². The van der Waals surface area contributed by atoms with Gasteiger partial charge in [-0.05, 0) is 35.4 Å². The van der Waals surface area contributed by atoms with Crippen LogP contribution in [0.15, 0.2) is 72.9 Å². The highest BCUT2D eigenvalue weighted by Crippen LogP contribution is 2.21. The van der Waals surface area contributed by atoms with Crippen LogP contribution in [0.25, 0.3) is 0 Å². The van der Waals surface area contributed by atoms with Crippen molar-refractivity contribution in [1.29, 1.82) is 0 Å². The molecule has 2 aromatic carbocycles. The molecule has 0 saturated carbocycles. The number of rotatable bonds is 7. The summed E-state index contributed by atoms with van der Waals surface area (Å²) in [5.74, 6) is 0.296. The van der Waals surface area contributed by atoms with E-state index < -0.39 is 0 Å². The topological polar surface area (TPSA) is 94.6 Å². The number of imide groups is 1. The second-order valence-corrected chi connectivity index (χ2v) is 7.44. The highest BCUT2D eigenvalue weighted by Gasteiger charge is 2.28. The van der Waals surface area contributed by atoms with Crippen molar-refractivity contribution in [3.63, 3.8) is 0 Å². The number of amides is 4. The number of nitrogens with one attached hydrogen (secondary N) is 2. The van der Waals surface area contributed by atoms with Crippen LogP contribution in [0.5, 0.6) is 0 Å². The first-order chi connectivity index (χ1) is 15.5. The number of hydrogen-bond acceptors (Lipinski definition) is 5. The molecule has 32 heavy (non-hydrogen) atoms. The zero-order chi connectivity index (χ0) is 22.5. The number of nitrogens with zero attached hydrogens (tertiary/aromatic N) is 3. The summed E-state index contributed by atoms with van der Waals surface area (Å²) in [7, 11) is 1.92. The fraction of sp³-hybridized carbons (Fsp3) is 0.167. The largest absolute Gasteiger partial charge is 0.348 e. The molecule has 0 radical (unpaired) electrons. The molecule has 3 aromatic rings. The highest BCUT2D eigenvalue weighted by atomic mass is 16.2. The standard InChI is InChI=1S/C24H23N5O3/c1-28(20-5-3-2-4-6-20)21-12-11-19(14-25-21)23(31)26-13-17-7-9-18(10-8-17)16-29-22(30)15-27-24(29)32/h2-12,14H,13,15-16H2,1H3,(H,26,31)(H,27,32). The zero-order valence-electron chi connectivity index (χ0n) is 17.6. The third-order valence-corrected chi connectivity index (χ3v) is 5.25. The normalized spacial score (nSPS) is 13.1. The molecule has 4 rings (SSSR count). The predicted octanol–water partition coefficient (Wildman–Crippen LogP) is 2.83. The minimum absolute atomic E-state index is 0.0430. The second-order valence-electron chi connectivity index (χ2n) is 7.44. The molecule has 1 fully saturated rings. The quantitative estimate of drug-likeness (QED) is 0.563. The van der Waals surface area contributed by atoms with Crippen LogP contribution >= 0.6 is 0 Å². The van der Waals surface area contributed by atoms with E-state index in [-0.39, 0.29) is 30.9 Å². The molecule has 0 unspecified atom stereocenters. The Morgan fingerprint density at radius 3 is 2.38 bits per heavy atom. The van der Waals surface area contributed by atoms with E-state index in [1.54, 1.807) is 12.3 Å². The van der Waals surface area contributed by atoms with E-state index in [4.69, 9.17) is 0 Å². The number of carbonyl (C=O) groups excluding carboxylic acids is 3. The van der Waals surface area contributed by atoms with E-state index in [9.17, 15) is 14.4 Å². The Morgan fingerprint density at radius 1 is 1.03 bits per heavy atom. The van der Waals surface area contributed by atoms with Crippen molar-refractivity contribution >= 4 is 29.4 Å². The van der Waals surface area contributed by atoms with Gasteiger partial charge in [0.05, 0.1) is 18.7 Å². The summed E-state index contributed by atoms with van der Waals surface area (Å²) in [5.41, 5.74) is 3.24. The molecule has 0 atom stereocenters. The fourth-order valence-corrected chi connectivity index (χ4v) is 3.35. The van der Waals surface area contributed by atoms with Gasteiger partial charge in [-0.15, -0.1) is 0 Å². The maximum atomic E-state index is 12.5. The summed E-state index contributed by atoms with van der Waals surface area (Å²) in [6.45, 7) is 0.627. The Labute approximate surface area is 185 Å². The maximum absolute atomic E-state index is 12.5. The molecule has 0 bridgehead atoms. The molecule has 8 nitrogen and oxygen atoms in total. The Balaban J connectivity index is 1.31. The Hall–Kier alpha value is -4.20. The molecule has 8 heteroatoms. The van der Waals surface area contributed by atoms with E-state index in [0.717, 1.165) is 22.6 Å². The average molecular weight is 429 g/mol. The van der Waals surface area contributed by atoms with E-state index >= 15 is 0 Å². The van der Waals surface area contributed by atoms with Crippen molar-refractivity contribution in [2.45, 2.75) is 13.1 Å². The number of benzene rings is 2. The molecule has 1 saturated heterocycles. The number of anilines is 2. The third kappa shape index (κ3) is 4.75. The van der Waals surface area contributed by atoms with Crippen LogP contribution in [0.1, 0.15) is 21.5 Å². The van der Waals surface area contributed by atoms with Crippen LogP contribution in [0.4, 0.5) is 16.3 Å². The van der Waals surface area contributed by atoms with Gasteiger partial charge in [0, 0.05) is 25.5 Å². The number of aromatic nitrogens is 1. The third-order valence-electron chi connectivity index (χ3n) is 5.25. The molecule has 4 amide bonds. The van der Waals surface area contributed by atoms with Gasteiger partial charge >= 0.3 is 6.03 Å². The van der Waals surface area contributed by atoms with E-state index in [0.29, 0.717) is 12.1 Å². The van der Waals surface area contributed by atoms with Crippen molar-refractivity contribution in [2.75, 3.05) is 18.5 Å². The van der Waals surface area contributed by atoms with Gasteiger partial charge in [-0.25, -0.2) is 9.78 Å². The Morgan fingerprint density at radius 2 is 1.75 bits per heavy atom. The van der Waals surface area contributed by atoms with Crippen LogP contribution in [0, 0.1) is 0 Å². The van der Waals surface area contributed by atoms with Gasteiger partial charge in [0.15, 0.2) is 0 Å². The molecule has 0 spiro atoms. The smallest absolute Gasteiger partial charge is 0.324 e. The molecule has 0 aliphatic carbocycles. The Bertz CT molecular complexity index is 1100. The van der Waals surface area contributed by atoms with E-state index in [2.05, 4.69) is 15.6 Å². The second kappa shape index (κ2) is 9.30. The minimum Gasteiger partial charge on any atom is -0.348 e. The summed E-state index contributed by atoms with van der Waals surface area (Å²) >= 11 is 0. The number of urea groups is 1. The summed E-state index contributed by atoms with van der Waals surface area (Å²) in [5, 5.41) is 5.38. The lowest BCUT2D eigenvalue weighted by molar-refractivity contribution is -0.125. The first-order valence-corrected chi connectivity index (χ1v) is 10.2. The van der Waals surface area contributed by atoms with Crippen LogP contribution in [0.2, 0.25) is 0 Å². The lowest BCUT2D eigenvalue weighted by Crippen LogP contribution is -2.30. The zero-order valence-corrected chi connectivity index (χ0v) is 17.6. The van der Waals surface area contributed by atoms with Gasteiger partial charge in [-0.2, -0.15) is 0 Å². The maximum Gasteiger partial charge on any atom is 0.324 e. The molecule has 2 N–H and O–H groups in total. The molecule has 1 aliphatic rings. The van der Waals surface area contributed by atoms with Crippen molar-refractivity contribution in [2.24, 2.45) is 0 Å². The van der Waals surface area contributed by atoms with Crippen molar-refractivity contribution in [3.8, 4) is 0 Å². The molecule has 1 aliphatic heterocycles. The number of hydrogen-bond donors (Lipinski definition) is 2. The van der Waals surface area contributed by atoms with Gasteiger partial charge in [-0.1, -0.05) is 42.5 Å². The lowest BCUT2D eigenvalue weighted by atomic mass is 10.1. The van der Waals surface area contributed by atoms with Crippen molar-refractivity contribution < 1.29 is 14.4 Å². The first kappa shape index (κ1) is 21.0. The first-order valence-electron chi connectivity index (χ1n) is 10.2. The molecule has 1 aromatic heterocycles. The van der Waals surface area contributed by atoms with Crippen molar-refractivity contribution in [3.05, 3.63) is 89.6 Å². The van der Waals surface area contributed by atoms with Crippen LogP contribution in [0.3, 0.4) is 0 Å². The van der Waals surface area contributed by atoms with Crippen LogP contribution in [-0.2, 0) is 17.9 Å². The monoisotopic (exact) mass is 429 g/mol. The van der Waals surface area contributed by atoms with Gasteiger partial charge in [-0.3, -0.25) is 14.5 Å². The summed E-state index contributed by atoms with van der Waals surface area (Å²) < 4.78 is 0. The summed E-state index contributed by atoms with van der Waals surface area (Å²) in [4.78, 5) is 43.3. The van der Waals surface area contributed by atoms with Crippen LogP contribution in [-0.4, -0.2) is 41.3 Å².